The van der Waals surface area contributed by atoms with Gasteiger partial charge in [0, 0.05) is 30.3 Å². The number of fused-ring (bicyclic) bond motifs is 2. The van der Waals surface area contributed by atoms with Gasteiger partial charge in [0.15, 0.2) is 11.3 Å². The highest BCUT2D eigenvalue weighted by Gasteiger charge is 2.23. The van der Waals surface area contributed by atoms with Crippen LogP contribution in [0.3, 0.4) is 0 Å². The minimum Gasteiger partial charge on any atom is -0.488 e. The van der Waals surface area contributed by atoms with E-state index in [0.717, 1.165) is 43.5 Å². The van der Waals surface area contributed by atoms with Crippen LogP contribution in [-0.4, -0.2) is 48.1 Å². The third-order valence-corrected chi connectivity index (χ3v) is 8.32. The molecule has 8 heteroatoms. The number of aryl methyl sites for hydroxylation is 2. The molecule has 1 saturated carbocycles. The summed E-state index contributed by atoms with van der Waals surface area (Å²) in [7, 11) is 2.12. The first-order valence-corrected chi connectivity index (χ1v) is 14.7. The Bertz CT molecular complexity index is 1610. The average Bonchev–Trinajstić information content (AvgIpc) is 3.63. The van der Waals surface area contributed by atoms with Crippen molar-refractivity contribution in [3.05, 3.63) is 70.1 Å². The van der Waals surface area contributed by atoms with Crippen LogP contribution in [0.15, 0.2) is 57.9 Å². The highest BCUT2D eigenvalue weighted by atomic mass is 16.5. The van der Waals surface area contributed by atoms with Crippen LogP contribution in [0.4, 0.5) is 0 Å². The smallest absolute Gasteiger partial charge is 0.220 e. The molecule has 214 valence electrons. The Morgan fingerprint density at radius 1 is 1.05 bits per heavy atom. The third-order valence-electron chi connectivity index (χ3n) is 8.32. The standard InChI is InChI=1S/C33H37N3O5/c1-21-16-28-32(38)27-13-12-25(18-29(27)41-33(28)30(17-21)39-20-24-8-5-15-36(24)2)40-26-11-9-22(34-19-26)10-14-31(37)35-23-6-3-4-7-23/h9,11-13,16-19,23-24H,3-8,10,14-15,20H2,1-2H3,(H,35,37)/t24-/m0/s1. The fraction of sp³-hybridized carbons (Fsp3) is 0.424. The second-order valence-electron chi connectivity index (χ2n) is 11.5. The van der Waals surface area contributed by atoms with Gasteiger partial charge in [0.05, 0.1) is 17.0 Å². The largest absolute Gasteiger partial charge is 0.488 e. The number of ether oxygens (including phenoxy) is 2. The third kappa shape index (κ3) is 6.22. The van der Waals surface area contributed by atoms with Crippen LogP contribution in [0.5, 0.6) is 17.2 Å². The molecule has 6 rings (SSSR count). The molecule has 0 radical (unpaired) electrons. The normalized spacial score (nSPS) is 17.9. The van der Waals surface area contributed by atoms with E-state index in [-0.39, 0.29) is 11.3 Å². The number of rotatable bonds is 9. The number of hydrogen-bond acceptors (Lipinski definition) is 7. The molecule has 2 aromatic heterocycles. The first-order chi connectivity index (χ1) is 19.9. The molecule has 1 saturated heterocycles. The van der Waals surface area contributed by atoms with E-state index in [1.54, 1.807) is 24.4 Å². The van der Waals surface area contributed by atoms with Gasteiger partial charge < -0.3 is 24.1 Å². The monoisotopic (exact) mass is 555 g/mol. The summed E-state index contributed by atoms with van der Waals surface area (Å²) >= 11 is 0. The van der Waals surface area contributed by atoms with Crippen LogP contribution in [-0.2, 0) is 11.2 Å². The Hall–Kier alpha value is -3.91. The second kappa shape index (κ2) is 11.9. The summed E-state index contributed by atoms with van der Waals surface area (Å²) < 4.78 is 18.5. The zero-order chi connectivity index (χ0) is 28.3. The van der Waals surface area contributed by atoms with Gasteiger partial charge in [0.1, 0.15) is 23.7 Å². The number of benzene rings is 2. The lowest BCUT2D eigenvalue weighted by molar-refractivity contribution is -0.121. The van der Waals surface area contributed by atoms with Crippen molar-refractivity contribution in [3.63, 3.8) is 0 Å². The van der Waals surface area contributed by atoms with E-state index < -0.39 is 0 Å². The number of amides is 1. The fourth-order valence-corrected chi connectivity index (χ4v) is 5.96. The van der Waals surface area contributed by atoms with Gasteiger partial charge in [-0.25, -0.2) is 0 Å². The number of aromatic nitrogens is 1. The molecule has 3 heterocycles. The molecule has 2 aliphatic rings. The van der Waals surface area contributed by atoms with Crippen LogP contribution in [0.1, 0.15) is 56.2 Å². The lowest BCUT2D eigenvalue weighted by Crippen LogP contribution is -2.32. The number of carbonyl (C=O) groups excluding carboxylic acids is 1. The zero-order valence-corrected chi connectivity index (χ0v) is 23.8. The summed E-state index contributed by atoms with van der Waals surface area (Å²) in [5.74, 6) is 1.76. The highest BCUT2D eigenvalue weighted by Crippen LogP contribution is 2.32. The number of likely N-dealkylation sites (N-methyl/N-ethyl adjacent to an activating group) is 1. The van der Waals surface area contributed by atoms with Gasteiger partial charge in [0.2, 0.25) is 11.3 Å². The molecule has 0 bridgehead atoms. The van der Waals surface area contributed by atoms with Crippen molar-refractivity contribution in [1.82, 2.24) is 15.2 Å². The summed E-state index contributed by atoms with van der Waals surface area (Å²) in [5, 5.41) is 4.12. The Balaban J connectivity index is 1.17. The number of nitrogens with zero attached hydrogens (tertiary/aromatic N) is 2. The lowest BCUT2D eigenvalue weighted by Gasteiger charge is -2.20. The van der Waals surface area contributed by atoms with Gasteiger partial charge in [-0.15, -0.1) is 0 Å². The molecule has 41 heavy (non-hydrogen) atoms. The molecule has 0 spiro atoms. The van der Waals surface area contributed by atoms with Crippen molar-refractivity contribution in [1.29, 1.82) is 0 Å². The number of hydrogen-bond donors (Lipinski definition) is 1. The Morgan fingerprint density at radius 3 is 2.63 bits per heavy atom. The number of carbonyl (C=O) groups is 1. The maximum atomic E-state index is 13.4. The molecular weight excluding hydrogens is 518 g/mol. The van der Waals surface area contributed by atoms with Crippen molar-refractivity contribution in [3.8, 4) is 17.2 Å². The molecule has 1 aliphatic carbocycles. The first kappa shape index (κ1) is 27.3. The van der Waals surface area contributed by atoms with Crippen molar-refractivity contribution in [2.75, 3.05) is 20.2 Å². The van der Waals surface area contributed by atoms with E-state index in [0.29, 0.717) is 70.7 Å². The summed E-state index contributed by atoms with van der Waals surface area (Å²) in [6.07, 6.45) is 9.46. The van der Waals surface area contributed by atoms with Crippen LogP contribution in [0, 0.1) is 6.92 Å². The average molecular weight is 556 g/mol. The Morgan fingerprint density at radius 2 is 1.88 bits per heavy atom. The number of nitrogens with one attached hydrogen (secondary N) is 1. The van der Waals surface area contributed by atoms with Crippen molar-refractivity contribution in [2.24, 2.45) is 0 Å². The lowest BCUT2D eigenvalue weighted by atomic mass is 10.1. The van der Waals surface area contributed by atoms with Crippen molar-refractivity contribution in [2.45, 2.75) is 70.4 Å². The molecule has 1 atom stereocenters. The van der Waals surface area contributed by atoms with Crippen LogP contribution < -0.4 is 20.2 Å². The summed E-state index contributed by atoms with van der Waals surface area (Å²) in [6.45, 7) is 3.58. The maximum Gasteiger partial charge on any atom is 0.220 e. The molecule has 1 amide bonds. The van der Waals surface area contributed by atoms with Crippen molar-refractivity contribution >= 4 is 27.8 Å². The maximum absolute atomic E-state index is 13.4. The fourth-order valence-electron chi connectivity index (χ4n) is 5.96. The van der Waals surface area contributed by atoms with Crippen LogP contribution in [0.2, 0.25) is 0 Å². The molecule has 1 N–H and O–H groups in total. The zero-order valence-electron chi connectivity index (χ0n) is 23.8. The summed E-state index contributed by atoms with van der Waals surface area (Å²) in [6, 6.07) is 13.4. The van der Waals surface area contributed by atoms with Gasteiger partial charge in [-0.05, 0) is 94.6 Å². The SMILES string of the molecule is Cc1cc(OC[C@@H]2CCCN2C)c2oc3cc(Oc4ccc(CCC(=O)NC5CCCC5)nc4)ccc3c(=O)c2c1. The number of pyridine rings is 1. The van der Waals surface area contributed by atoms with Gasteiger partial charge in [0.25, 0.3) is 0 Å². The predicted octanol–water partition coefficient (Wildman–Crippen LogP) is 5.91. The van der Waals surface area contributed by atoms with Crippen molar-refractivity contribution < 1.29 is 18.7 Å². The Kier molecular flexibility index (Phi) is 7.92. The van der Waals surface area contributed by atoms with E-state index in [2.05, 4.69) is 22.2 Å². The minimum atomic E-state index is -0.0951. The van der Waals surface area contributed by atoms with E-state index in [1.165, 1.54) is 12.8 Å². The summed E-state index contributed by atoms with van der Waals surface area (Å²) in [4.78, 5) is 32.4. The molecular formula is C33H37N3O5. The molecule has 2 fully saturated rings. The molecule has 8 nitrogen and oxygen atoms in total. The van der Waals surface area contributed by atoms with E-state index >= 15 is 0 Å². The van der Waals surface area contributed by atoms with Crippen LogP contribution in [0.25, 0.3) is 21.9 Å². The van der Waals surface area contributed by atoms with E-state index in [9.17, 15) is 9.59 Å². The van der Waals surface area contributed by atoms with Gasteiger partial charge in [-0.1, -0.05) is 12.8 Å². The van der Waals surface area contributed by atoms with Gasteiger partial charge in [-0.3, -0.25) is 14.6 Å². The topological polar surface area (TPSA) is 93.9 Å². The van der Waals surface area contributed by atoms with Gasteiger partial charge in [-0.2, -0.15) is 0 Å². The van der Waals surface area contributed by atoms with E-state index in [1.807, 2.05) is 31.2 Å². The van der Waals surface area contributed by atoms with Gasteiger partial charge >= 0.3 is 0 Å². The highest BCUT2D eigenvalue weighted by molar-refractivity contribution is 5.93. The molecule has 0 unspecified atom stereocenters. The van der Waals surface area contributed by atoms with Crippen LogP contribution >= 0.6 is 0 Å². The number of likely N-dealkylation sites (tertiary alicyclic amines) is 1. The molecule has 1 aliphatic heterocycles. The predicted molar refractivity (Wildman–Crippen MR) is 159 cm³/mol. The summed E-state index contributed by atoms with van der Waals surface area (Å²) in [5.41, 5.74) is 2.58. The first-order valence-electron chi connectivity index (χ1n) is 14.7. The molecule has 2 aromatic carbocycles. The molecule has 4 aromatic rings. The second-order valence-corrected chi connectivity index (χ2v) is 11.5. The minimum absolute atomic E-state index is 0.0822. The Labute approximate surface area is 239 Å². The quantitative estimate of drug-likeness (QED) is 0.257. The van der Waals surface area contributed by atoms with E-state index in [4.69, 9.17) is 13.9 Å².